The molecule has 0 radical (unpaired) electrons. The van der Waals surface area contributed by atoms with Crippen molar-refractivity contribution in [3.05, 3.63) is 29.8 Å². The summed E-state index contributed by atoms with van der Waals surface area (Å²) >= 11 is 0. The van der Waals surface area contributed by atoms with Gasteiger partial charge in [-0.2, -0.15) is 0 Å². The van der Waals surface area contributed by atoms with Crippen LogP contribution in [-0.4, -0.2) is 25.4 Å². The molecule has 0 aromatic heterocycles. The molecule has 2 N–H and O–H groups in total. The minimum absolute atomic E-state index is 0.149. The molecule has 1 aromatic rings. The molecule has 0 saturated carbocycles. The van der Waals surface area contributed by atoms with Gasteiger partial charge in [-0.1, -0.05) is 18.2 Å². The Morgan fingerprint density at radius 2 is 2.05 bits per heavy atom. The zero-order chi connectivity index (χ0) is 13.1. The first-order valence-corrected chi connectivity index (χ1v) is 7.43. The first-order valence-electron chi connectivity index (χ1n) is 7.43. The number of hydrogen-bond donors (Lipinski definition) is 1. The van der Waals surface area contributed by atoms with E-state index in [9.17, 15) is 0 Å². The molecule has 3 rings (SSSR count). The molecule has 2 heterocycles. The number of rotatable bonds is 3. The van der Waals surface area contributed by atoms with Crippen molar-refractivity contribution < 1.29 is 9.47 Å². The van der Waals surface area contributed by atoms with E-state index in [2.05, 4.69) is 18.2 Å². The van der Waals surface area contributed by atoms with E-state index < -0.39 is 0 Å². The Morgan fingerprint density at radius 1 is 1.16 bits per heavy atom. The maximum Gasteiger partial charge on any atom is 0.122 e. The fraction of sp³-hybridized carbons (Fsp3) is 0.625. The highest BCUT2D eigenvalue weighted by atomic mass is 16.5. The molecule has 2 aliphatic rings. The quantitative estimate of drug-likeness (QED) is 0.910. The Morgan fingerprint density at radius 3 is 2.89 bits per heavy atom. The summed E-state index contributed by atoms with van der Waals surface area (Å²) in [6.45, 7) is 1.68. The lowest BCUT2D eigenvalue weighted by atomic mass is 9.85. The Kier molecular flexibility index (Phi) is 4.04. The van der Waals surface area contributed by atoms with Crippen LogP contribution in [-0.2, 0) is 4.74 Å². The Hall–Kier alpha value is -1.06. The molecular formula is C16H23NO2. The van der Waals surface area contributed by atoms with Crippen molar-refractivity contribution in [2.75, 3.05) is 13.2 Å². The van der Waals surface area contributed by atoms with E-state index in [1.807, 2.05) is 6.07 Å². The number of para-hydroxylation sites is 1. The average Bonchev–Trinajstić information content (AvgIpc) is 2.48. The third-order valence-corrected chi connectivity index (χ3v) is 4.33. The third-order valence-electron chi connectivity index (χ3n) is 4.33. The van der Waals surface area contributed by atoms with Gasteiger partial charge in [0.2, 0.25) is 0 Å². The molecule has 19 heavy (non-hydrogen) atoms. The van der Waals surface area contributed by atoms with Crippen LogP contribution < -0.4 is 10.5 Å². The molecule has 3 heteroatoms. The summed E-state index contributed by atoms with van der Waals surface area (Å²) in [6.07, 6.45) is 5.88. The van der Waals surface area contributed by atoms with E-state index in [4.69, 9.17) is 15.2 Å². The highest BCUT2D eigenvalue weighted by Gasteiger charge is 2.28. The monoisotopic (exact) mass is 261 g/mol. The molecule has 1 fully saturated rings. The Labute approximate surface area is 115 Å². The zero-order valence-electron chi connectivity index (χ0n) is 11.4. The predicted octanol–water partition coefficient (Wildman–Crippen LogP) is 2.84. The maximum atomic E-state index is 6.37. The molecular weight excluding hydrogens is 238 g/mol. The lowest BCUT2D eigenvalue weighted by molar-refractivity contribution is -0.00298. The van der Waals surface area contributed by atoms with E-state index >= 15 is 0 Å². The molecule has 1 aromatic carbocycles. The largest absolute Gasteiger partial charge is 0.493 e. The summed E-state index contributed by atoms with van der Waals surface area (Å²) in [6, 6.07) is 8.50. The van der Waals surface area contributed by atoms with Gasteiger partial charge in [-0.25, -0.2) is 0 Å². The standard InChI is InChI=1S/C16H23NO2/c17-14(16-7-3-4-9-18-16)11-12-8-10-19-15-6-2-1-5-13(12)15/h1-2,5-6,12,14,16H,3-4,7-11,17H2. The summed E-state index contributed by atoms with van der Waals surface area (Å²) in [4.78, 5) is 0. The minimum Gasteiger partial charge on any atom is -0.493 e. The second-order valence-electron chi connectivity index (χ2n) is 5.68. The van der Waals surface area contributed by atoms with Crippen LogP contribution in [0, 0.1) is 0 Å². The van der Waals surface area contributed by atoms with Crippen LogP contribution in [0.3, 0.4) is 0 Å². The molecule has 3 nitrogen and oxygen atoms in total. The number of ether oxygens (including phenoxy) is 2. The van der Waals surface area contributed by atoms with Crippen LogP contribution in [0.2, 0.25) is 0 Å². The van der Waals surface area contributed by atoms with Gasteiger partial charge in [0.25, 0.3) is 0 Å². The van der Waals surface area contributed by atoms with Crippen molar-refractivity contribution in [2.45, 2.75) is 50.2 Å². The van der Waals surface area contributed by atoms with Crippen LogP contribution in [0.4, 0.5) is 0 Å². The topological polar surface area (TPSA) is 44.5 Å². The summed E-state index contributed by atoms with van der Waals surface area (Å²) in [5, 5.41) is 0. The van der Waals surface area contributed by atoms with E-state index in [0.717, 1.165) is 38.2 Å². The summed E-state index contributed by atoms with van der Waals surface area (Å²) in [5.74, 6) is 1.56. The van der Waals surface area contributed by atoms with Crippen molar-refractivity contribution in [1.82, 2.24) is 0 Å². The molecule has 0 spiro atoms. The average molecular weight is 261 g/mol. The van der Waals surface area contributed by atoms with Gasteiger partial charge in [-0.05, 0) is 49.7 Å². The predicted molar refractivity (Wildman–Crippen MR) is 75.5 cm³/mol. The fourth-order valence-electron chi connectivity index (χ4n) is 3.24. The molecule has 2 aliphatic heterocycles. The van der Waals surface area contributed by atoms with Crippen molar-refractivity contribution in [3.63, 3.8) is 0 Å². The van der Waals surface area contributed by atoms with Crippen LogP contribution in [0.1, 0.15) is 43.6 Å². The zero-order valence-corrected chi connectivity index (χ0v) is 11.4. The van der Waals surface area contributed by atoms with Gasteiger partial charge in [-0.15, -0.1) is 0 Å². The highest BCUT2D eigenvalue weighted by Crippen LogP contribution is 2.36. The van der Waals surface area contributed by atoms with Gasteiger partial charge < -0.3 is 15.2 Å². The summed E-state index contributed by atoms with van der Waals surface area (Å²) < 4.78 is 11.5. The van der Waals surface area contributed by atoms with Crippen molar-refractivity contribution in [1.29, 1.82) is 0 Å². The van der Waals surface area contributed by atoms with E-state index in [1.54, 1.807) is 0 Å². The van der Waals surface area contributed by atoms with Crippen LogP contribution in [0.15, 0.2) is 24.3 Å². The Balaban J connectivity index is 1.66. The smallest absolute Gasteiger partial charge is 0.122 e. The van der Waals surface area contributed by atoms with Gasteiger partial charge in [-0.3, -0.25) is 0 Å². The number of fused-ring (bicyclic) bond motifs is 1. The van der Waals surface area contributed by atoms with E-state index in [-0.39, 0.29) is 12.1 Å². The van der Waals surface area contributed by atoms with Gasteiger partial charge in [0.05, 0.1) is 12.7 Å². The molecule has 0 aliphatic carbocycles. The summed E-state index contributed by atoms with van der Waals surface area (Å²) in [5.41, 5.74) is 7.69. The van der Waals surface area contributed by atoms with E-state index in [0.29, 0.717) is 5.92 Å². The first kappa shape index (κ1) is 12.9. The summed E-state index contributed by atoms with van der Waals surface area (Å²) in [7, 11) is 0. The normalized spacial score (nSPS) is 28.3. The third kappa shape index (κ3) is 2.93. The van der Waals surface area contributed by atoms with Gasteiger partial charge >= 0.3 is 0 Å². The van der Waals surface area contributed by atoms with Crippen LogP contribution >= 0.6 is 0 Å². The highest BCUT2D eigenvalue weighted by molar-refractivity contribution is 5.37. The molecule has 3 atom stereocenters. The van der Waals surface area contributed by atoms with Crippen molar-refractivity contribution >= 4 is 0 Å². The van der Waals surface area contributed by atoms with Crippen molar-refractivity contribution in [2.24, 2.45) is 5.73 Å². The number of nitrogens with two attached hydrogens (primary N) is 1. The fourth-order valence-corrected chi connectivity index (χ4v) is 3.24. The van der Waals surface area contributed by atoms with Crippen molar-refractivity contribution in [3.8, 4) is 5.75 Å². The second-order valence-corrected chi connectivity index (χ2v) is 5.68. The number of hydrogen-bond acceptors (Lipinski definition) is 3. The lowest BCUT2D eigenvalue weighted by Crippen LogP contribution is -2.40. The molecule has 1 saturated heterocycles. The molecule has 0 amide bonds. The van der Waals surface area contributed by atoms with Crippen LogP contribution in [0.25, 0.3) is 0 Å². The molecule has 0 bridgehead atoms. The number of benzene rings is 1. The molecule has 104 valence electrons. The molecule has 3 unspecified atom stereocenters. The first-order chi connectivity index (χ1) is 9.34. The van der Waals surface area contributed by atoms with Gasteiger partial charge in [0.15, 0.2) is 0 Å². The van der Waals surface area contributed by atoms with Gasteiger partial charge in [0.1, 0.15) is 5.75 Å². The second kappa shape index (κ2) is 5.93. The SMILES string of the molecule is NC(CC1CCOc2ccccc21)C1CCCCO1. The minimum atomic E-state index is 0.149. The Bertz CT molecular complexity index is 415. The maximum absolute atomic E-state index is 6.37. The van der Waals surface area contributed by atoms with Gasteiger partial charge in [0, 0.05) is 12.6 Å². The lowest BCUT2D eigenvalue weighted by Gasteiger charge is -2.32. The van der Waals surface area contributed by atoms with E-state index in [1.165, 1.54) is 18.4 Å². The van der Waals surface area contributed by atoms with Crippen LogP contribution in [0.5, 0.6) is 5.75 Å².